The highest BCUT2D eigenvalue weighted by molar-refractivity contribution is 5.87. The SMILES string of the molecule is CC1(C)CCC[C@]2(C)[C@H](O)C(C=O)=C[C@H](OC(=O)/C=C/c3ccccc3)[C@@H]12. The van der Waals surface area contributed by atoms with E-state index in [4.69, 9.17) is 4.74 Å². The summed E-state index contributed by atoms with van der Waals surface area (Å²) in [6, 6.07) is 9.55. The van der Waals surface area contributed by atoms with Gasteiger partial charge in [0.1, 0.15) is 12.4 Å². The average molecular weight is 368 g/mol. The molecule has 0 aliphatic heterocycles. The van der Waals surface area contributed by atoms with Gasteiger partial charge in [-0.05, 0) is 36.0 Å². The Kier molecular flexibility index (Phi) is 5.38. The maximum absolute atomic E-state index is 12.5. The van der Waals surface area contributed by atoms with E-state index in [1.807, 2.05) is 37.3 Å². The minimum Gasteiger partial charge on any atom is -0.455 e. The van der Waals surface area contributed by atoms with Gasteiger partial charge in [0.25, 0.3) is 0 Å². The molecule has 1 aromatic rings. The minimum absolute atomic E-state index is 0.0495. The van der Waals surface area contributed by atoms with Crippen molar-refractivity contribution in [2.75, 3.05) is 0 Å². The van der Waals surface area contributed by atoms with Crippen LogP contribution < -0.4 is 0 Å². The summed E-state index contributed by atoms with van der Waals surface area (Å²) < 4.78 is 5.79. The number of carbonyl (C=O) groups is 2. The summed E-state index contributed by atoms with van der Waals surface area (Å²) in [6.45, 7) is 6.32. The third-order valence-corrected chi connectivity index (χ3v) is 6.31. The number of esters is 1. The van der Waals surface area contributed by atoms with Gasteiger partial charge < -0.3 is 9.84 Å². The first-order valence-corrected chi connectivity index (χ1v) is 9.57. The van der Waals surface area contributed by atoms with Crippen LogP contribution in [-0.4, -0.2) is 29.6 Å². The molecule has 0 radical (unpaired) electrons. The van der Waals surface area contributed by atoms with Crippen molar-refractivity contribution in [3.8, 4) is 0 Å². The van der Waals surface area contributed by atoms with Gasteiger partial charge in [-0.2, -0.15) is 0 Å². The molecule has 2 aliphatic carbocycles. The number of benzene rings is 1. The molecule has 0 spiro atoms. The zero-order chi connectivity index (χ0) is 19.7. The Labute approximate surface area is 160 Å². The van der Waals surface area contributed by atoms with Crippen molar-refractivity contribution in [2.24, 2.45) is 16.7 Å². The van der Waals surface area contributed by atoms with Crippen LogP contribution >= 0.6 is 0 Å². The van der Waals surface area contributed by atoms with Gasteiger partial charge in [-0.1, -0.05) is 57.5 Å². The van der Waals surface area contributed by atoms with Crippen molar-refractivity contribution >= 4 is 18.3 Å². The zero-order valence-corrected chi connectivity index (χ0v) is 16.2. The van der Waals surface area contributed by atoms with Crippen molar-refractivity contribution in [3.05, 3.63) is 53.6 Å². The molecule has 1 N–H and O–H groups in total. The van der Waals surface area contributed by atoms with Gasteiger partial charge in [0.05, 0.1) is 6.10 Å². The third-order valence-electron chi connectivity index (χ3n) is 6.31. The molecule has 4 atom stereocenters. The summed E-state index contributed by atoms with van der Waals surface area (Å²) in [5.74, 6) is -0.489. The number of fused-ring (bicyclic) bond motifs is 1. The normalized spacial score (nSPS) is 32.4. The Morgan fingerprint density at radius 3 is 2.56 bits per heavy atom. The molecule has 144 valence electrons. The van der Waals surface area contributed by atoms with Gasteiger partial charge >= 0.3 is 5.97 Å². The maximum Gasteiger partial charge on any atom is 0.331 e. The molecule has 1 fully saturated rings. The van der Waals surface area contributed by atoms with Gasteiger partial charge in [0, 0.05) is 23.0 Å². The zero-order valence-electron chi connectivity index (χ0n) is 16.2. The van der Waals surface area contributed by atoms with E-state index in [0.29, 0.717) is 11.9 Å². The number of carbonyl (C=O) groups excluding carboxylic acids is 2. The van der Waals surface area contributed by atoms with Gasteiger partial charge in [-0.25, -0.2) is 4.79 Å². The van der Waals surface area contributed by atoms with Crippen LogP contribution in [0.3, 0.4) is 0 Å². The molecule has 4 heteroatoms. The Morgan fingerprint density at radius 2 is 1.89 bits per heavy atom. The second kappa shape index (κ2) is 7.43. The maximum atomic E-state index is 12.5. The Hall–Kier alpha value is -2.20. The van der Waals surface area contributed by atoms with E-state index >= 15 is 0 Å². The summed E-state index contributed by atoms with van der Waals surface area (Å²) in [6.07, 6.45) is 6.91. The molecule has 0 saturated heterocycles. The molecule has 0 bridgehead atoms. The first kappa shape index (κ1) is 19.6. The fourth-order valence-electron chi connectivity index (χ4n) is 5.12. The van der Waals surface area contributed by atoms with Crippen molar-refractivity contribution in [1.82, 2.24) is 0 Å². The fraction of sp³-hybridized carbons (Fsp3) is 0.478. The molecule has 0 amide bonds. The molecule has 0 aromatic heterocycles. The molecular formula is C23H28O4. The number of aldehydes is 1. The molecule has 0 heterocycles. The lowest BCUT2D eigenvalue weighted by molar-refractivity contribution is -0.163. The second-order valence-electron chi connectivity index (χ2n) is 8.66. The minimum atomic E-state index is -0.825. The van der Waals surface area contributed by atoms with Crippen LogP contribution in [0.5, 0.6) is 0 Å². The first-order chi connectivity index (χ1) is 12.8. The number of rotatable bonds is 4. The van der Waals surface area contributed by atoms with E-state index in [2.05, 4.69) is 13.8 Å². The molecule has 27 heavy (non-hydrogen) atoms. The van der Waals surface area contributed by atoms with Gasteiger partial charge in [-0.3, -0.25) is 4.79 Å². The second-order valence-corrected chi connectivity index (χ2v) is 8.66. The highest BCUT2D eigenvalue weighted by Crippen LogP contribution is 2.57. The lowest BCUT2D eigenvalue weighted by Crippen LogP contribution is -2.57. The summed E-state index contributed by atoms with van der Waals surface area (Å²) >= 11 is 0. The number of ether oxygens (including phenoxy) is 1. The van der Waals surface area contributed by atoms with E-state index in [0.717, 1.165) is 24.8 Å². The van der Waals surface area contributed by atoms with Crippen molar-refractivity contribution in [1.29, 1.82) is 0 Å². The Balaban J connectivity index is 1.87. The van der Waals surface area contributed by atoms with Crippen LogP contribution in [0.15, 0.2) is 48.1 Å². The van der Waals surface area contributed by atoms with Crippen LogP contribution in [0, 0.1) is 16.7 Å². The number of hydrogen-bond donors (Lipinski definition) is 1. The smallest absolute Gasteiger partial charge is 0.331 e. The van der Waals surface area contributed by atoms with E-state index < -0.39 is 23.6 Å². The molecule has 1 saturated carbocycles. The number of aliphatic hydroxyl groups is 1. The number of hydrogen-bond acceptors (Lipinski definition) is 4. The summed E-state index contributed by atoms with van der Waals surface area (Å²) in [7, 11) is 0. The van der Waals surface area contributed by atoms with Crippen molar-refractivity contribution in [2.45, 2.75) is 52.2 Å². The lowest BCUT2D eigenvalue weighted by Gasteiger charge is -2.56. The molecule has 1 aromatic carbocycles. The quantitative estimate of drug-likeness (QED) is 0.497. The summed E-state index contributed by atoms with van der Waals surface area (Å²) in [5, 5.41) is 10.8. The standard InChI is InChI=1S/C23H28O4/c1-22(2)12-7-13-23(3)20(22)18(14-17(15-24)21(23)26)27-19(25)11-10-16-8-5-4-6-9-16/h4-6,8-11,14-15,18,20-21,26H,7,12-13H2,1-3H3/b11-10+/t18-,20-,21+,23-/m0/s1. The van der Waals surface area contributed by atoms with E-state index in [1.165, 1.54) is 6.08 Å². The van der Waals surface area contributed by atoms with Crippen LogP contribution in [0.4, 0.5) is 0 Å². The highest BCUT2D eigenvalue weighted by Gasteiger charge is 2.57. The Bertz CT molecular complexity index is 762. The van der Waals surface area contributed by atoms with Crippen LogP contribution in [0.2, 0.25) is 0 Å². The van der Waals surface area contributed by atoms with E-state index in [9.17, 15) is 14.7 Å². The monoisotopic (exact) mass is 368 g/mol. The van der Waals surface area contributed by atoms with Crippen molar-refractivity contribution < 1.29 is 19.4 Å². The number of aliphatic hydroxyl groups excluding tert-OH is 1. The Morgan fingerprint density at radius 1 is 1.19 bits per heavy atom. The largest absolute Gasteiger partial charge is 0.455 e. The fourth-order valence-corrected chi connectivity index (χ4v) is 5.12. The van der Waals surface area contributed by atoms with Gasteiger partial charge in [0.2, 0.25) is 0 Å². The summed E-state index contributed by atoms with van der Waals surface area (Å²) in [4.78, 5) is 24.0. The average Bonchev–Trinajstić information content (AvgIpc) is 2.63. The topological polar surface area (TPSA) is 63.6 Å². The molecule has 0 unspecified atom stereocenters. The predicted molar refractivity (Wildman–Crippen MR) is 105 cm³/mol. The summed E-state index contributed by atoms with van der Waals surface area (Å²) in [5.41, 5.74) is 0.644. The van der Waals surface area contributed by atoms with Gasteiger partial charge in [0.15, 0.2) is 0 Å². The predicted octanol–water partition coefficient (Wildman–Crippen LogP) is 3.94. The third kappa shape index (κ3) is 3.77. The van der Waals surface area contributed by atoms with Crippen molar-refractivity contribution in [3.63, 3.8) is 0 Å². The van der Waals surface area contributed by atoms with E-state index in [-0.39, 0.29) is 11.3 Å². The van der Waals surface area contributed by atoms with Crippen LogP contribution in [-0.2, 0) is 14.3 Å². The molecule has 2 aliphatic rings. The molecule has 3 rings (SSSR count). The first-order valence-electron chi connectivity index (χ1n) is 9.57. The van der Waals surface area contributed by atoms with Crippen LogP contribution in [0.25, 0.3) is 6.08 Å². The van der Waals surface area contributed by atoms with E-state index in [1.54, 1.807) is 12.2 Å². The lowest BCUT2D eigenvalue weighted by atomic mass is 9.50. The molecular weight excluding hydrogens is 340 g/mol. The highest BCUT2D eigenvalue weighted by atomic mass is 16.5. The van der Waals surface area contributed by atoms with Gasteiger partial charge in [-0.15, -0.1) is 0 Å². The molecule has 4 nitrogen and oxygen atoms in total. The van der Waals surface area contributed by atoms with Crippen LogP contribution in [0.1, 0.15) is 45.6 Å².